The largest absolute Gasteiger partial charge is 0.391 e. The van der Waals surface area contributed by atoms with Crippen molar-refractivity contribution in [2.45, 2.75) is 96.5 Å². The second-order valence-electron chi connectivity index (χ2n) is 13.2. The third-order valence-corrected chi connectivity index (χ3v) is 11.6. The molecule has 2 heterocycles. The van der Waals surface area contributed by atoms with Gasteiger partial charge in [-0.15, -0.1) is 0 Å². The topological polar surface area (TPSA) is 80.4 Å². The molecule has 0 bridgehead atoms. The molecule has 4 aliphatic rings. The van der Waals surface area contributed by atoms with E-state index in [1.54, 1.807) is 12.4 Å². The van der Waals surface area contributed by atoms with Gasteiger partial charge in [-0.3, -0.25) is 9.67 Å². The summed E-state index contributed by atoms with van der Waals surface area (Å²) in [7, 11) is 1.89. The van der Waals surface area contributed by atoms with E-state index in [0.717, 1.165) is 43.0 Å². The van der Waals surface area contributed by atoms with Gasteiger partial charge in [0.25, 0.3) is 0 Å². The van der Waals surface area contributed by atoms with E-state index in [9.17, 15) is 10.2 Å². The minimum atomic E-state index is -0.503. The fraction of sp³-hybridized carbons (Fsp3) is 0.793. The van der Waals surface area contributed by atoms with Crippen molar-refractivity contribution in [2.75, 3.05) is 7.11 Å². The van der Waals surface area contributed by atoms with Crippen LogP contribution in [0.25, 0.3) is 10.9 Å². The van der Waals surface area contributed by atoms with E-state index >= 15 is 0 Å². The highest BCUT2D eigenvalue weighted by Crippen LogP contribution is 2.68. The van der Waals surface area contributed by atoms with Crippen LogP contribution in [0.1, 0.15) is 72.1 Å². The maximum Gasteiger partial charge on any atom is 0.111 e. The SMILES string of the molecule is CO[C@H]1C[C@H]2[C@@H](CC[C@H]3C[C@](C)(O)CC[C@@]32C)[C@@H]2CC[C@H](C(O)Cn3cc4ccncc4n3)[C@@]12C. The molecule has 0 radical (unpaired) electrons. The quantitative estimate of drug-likeness (QED) is 0.654. The smallest absolute Gasteiger partial charge is 0.111 e. The van der Waals surface area contributed by atoms with Crippen molar-refractivity contribution in [1.82, 2.24) is 14.8 Å². The van der Waals surface area contributed by atoms with E-state index in [-0.39, 0.29) is 17.4 Å². The summed E-state index contributed by atoms with van der Waals surface area (Å²) in [5.74, 6) is 2.76. The first-order valence-electron chi connectivity index (χ1n) is 13.9. The number of hydrogen-bond donors (Lipinski definition) is 2. The molecule has 10 atom stereocenters. The van der Waals surface area contributed by atoms with Crippen LogP contribution < -0.4 is 0 Å². The van der Waals surface area contributed by atoms with Crippen LogP contribution in [-0.4, -0.2) is 49.9 Å². The summed E-state index contributed by atoms with van der Waals surface area (Å²) in [6, 6.07) is 1.97. The number of aliphatic hydroxyl groups is 2. The molecule has 0 aliphatic heterocycles. The first kappa shape index (κ1) is 23.9. The van der Waals surface area contributed by atoms with Crippen molar-refractivity contribution in [3.8, 4) is 0 Å². The number of ether oxygens (including phenoxy) is 1. The number of nitrogens with zero attached hydrogens (tertiary/aromatic N) is 3. The Balaban J connectivity index is 1.26. The molecule has 192 valence electrons. The van der Waals surface area contributed by atoms with Gasteiger partial charge < -0.3 is 14.9 Å². The Morgan fingerprint density at radius 3 is 2.74 bits per heavy atom. The molecular formula is C29H43N3O3. The van der Waals surface area contributed by atoms with E-state index in [1.807, 2.05) is 31.0 Å². The van der Waals surface area contributed by atoms with Gasteiger partial charge in [0.1, 0.15) is 5.52 Å². The Bertz CT molecular complexity index is 1050. The molecule has 6 rings (SSSR count). The third-order valence-electron chi connectivity index (χ3n) is 11.6. The van der Waals surface area contributed by atoms with Crippen molar-refractivity contribution in [3.05, 3.63) is 24.7 Å². The maximum absolute atomic E-state index is 11.6. The molecular weight excluding hydrogens is 438 g/mol. The molecule has 2 aromatic heterocycles. The molecule has 0 aromatic carbocycles. The molecule has 6 heteroatoms. The molecule has 4 saturated carbocycles. The summed E-state index contributed by atoms with van der Waals surface area (Å²) < 4.78 is 8.21. The Morgan fingerprint density at radius 1 is 1.14 bits per heavy atom. The second kappa shape index (κ2) is 8.26. The summed E-state index contributed by atoms with van der Waals surface area (Å²) in [4.78, 5) is 4.18. The molecule has 4 fully saturated rings. The number of hydrogen-bond acceptors (Lipinski definition) is 5. The predicted molar refractivity (Wildman–Crippen MR) is 136 cm³/mol. The molecule has 0 saturated heterocycles. The van der Waals surface area contributed by atoms with Crippen LogP contribution in [0.2, 0.25) is 0 Å². The average molecular weight is 482 g/mol. The molecule has 4 aliphatic carbocycles. The molecule has 6 nitrogen and oxygen atoms in total. The number of fused-ring (bicyclic) bond motifs is 6. The molecule has 2 N–H and O–H groups in total. The lowest BCUT2D eigenvalue weighted by Gasteiger charge is -2.63. The summed E-state index contributed by atoms with van der Waals surface area (Å²) >= 11 is 0. The average Bonchev–Trinajstić information content (AvgIpc) is 3.39. The van der Waals surface area contributed by atoms with Crippen LogP contribution in [0.15, 0.2) is 24.7 Å². The van der Waals surface area contributed by atoms with Gasteiger partial charge in [-0.2, -0.15) is 5.10 Å². The lowest BCUT2D eigenvalue weighted by atomic mass is 9.43. The first-order chi connectivity index (χ1) is 16.7. The summed E-state index contributed by atoms with van der Waals surface area (Å²) in [5.41, 5.74) is 0.647. The molecule has 0 spiro atoms. The Labute approximate surface area is 209 Å². The molecule has 0 amide bonds. The highest BCUT2D eigenvalue weighted by Gasteiger charge is 2.65. The maximum atomic E-state index is 11.6. The van der Waals surface area contributed by atoms with Gasteiger partial charge in [0.05, 0.1) is 30.6 Å². The van der Waals surface area contributed by atoms with Gasteiger partial charge in [-0.05, 0) is 99.4 Å². The highest BCUT2D eigenvalue weighted by molar-refractivity contribution is 5.76. The number of pyridine rings is 1. The van der Waals surface area contributed by atoms with E-state index in [1.165, 1.54) is 19.3 Å². The van der Waals surface area contributed by atoms with Gasteiger partial charge in [0.15, 0.2) is 0 Å². The molecule has 1 unspecified atom stereocenters. The van der Waals surface area contributed by atoms with Crippen LogP contribution in [0.5, 0.6) is 0 Å². The molecule has 2 aromatic rings. The van der Waals surface area contributed by atoms with Crippen molar-refractivity contribution >= 4 is 10.9 Å². The second-order valence-corrected chi connectivity index (χ2v) is 13.2. The van der Waals surface area contributed by atoms with Crippen LogP contribution in [0.3, 0.4) is 0 Å². The monoisotopic (exact) mass is 481 g/mol. The Hall–Kier alpha value is -1.50. The number of aliphatic hydroxyl groups excluding tert-OH is 1. The van der Waals surface area contributed by atoms with Crippen LogP contribution in [0.4, 0.5) is 0 Å². The molecule has 35 heavy (non-hydrogen) atoms. The number of rotatable bonds is 4. The minimum absolute atomic E-state index is 0.0210. The van der Waals surface area contributed by atoms with Gasteiger partial charge >= 0.3 is 0 Å². The minimum Gasteiger partial charge on any atom is -0.391 e. The number of methoxy groups -OCH3 is 1. The standard InChI is InChI=1S/C29H43N3O3/c1-27(34)10-11-28(2)19(14-27)5-6-20-21-7-8-22(29(21,3)26(35-4)13-23(20)28)25(33)17-32-16-18-9-12-30-15-24(18)31-32/h9,12,15-16,19-23,25-26,33-34H,5-8,10-11,13-14,17H2,1-4H3/t19-,20-,21-,22+,23-,25?,26-,27+,28-,29-/m0/s1. The zero-order chi connectivity index (χ0) is 24.6. The fourth-order valence-corrected chi connectivity index (χ4v) is 9.72. The van der Waals surface area contributed by atoms with Crippen LogP contribution >= 0.6 is 0 Å². The van der Waals surface area contributed by atoms with E-state index in [4.69, 9.17) is 4.74 Å². The number of aromatic nitrogens is 3. The zero-order valence-electron chi connectivity index (χ0n) is 21.9. The van der Waals surface area contributed by atoms with Crippen molar-refractivity contribution in [2.24, 2.45) is 40.4 Å². The van der Waals surface area contributed by atoms with Crippen LogP contribution in [-0.2, 0) is 11.3 Å². The van der Waals surface area contributed by atoms with Gasteiger partial charge in [-0.1, -0.05) is 13.8 Å². The van der Waals surface area contributed by atoms with Crippen LogP contribution in [0, 0.1) is 40.4 Å². The Kier molecular flexibility index (Phi) is 5.63. The third kappa shape index (κ3) is 3.61. The normalized spacial score (nSPS) is 46.1. The van der Waals surface area contributed by atoms with E-state index in [2.05, 4.69) is 23.9 Å². The van der Waals surface area contributed by atoms with E-state index < -0.39 is 11.7 Å². The van der Waals surface area contributed by atoms with E-state index in [0.29, 0.717) is 35.6 Å². The summed E-state index contributed by atoms with van der Waals surface area (Å²) in [6.45, 7) is 7.50. The van der Waals surface area contributed by atoms with Crippen molar-refractivity contribution in [3.63, 3.8) is 0 Å². The highest BCUT2D eigenvalue weighted by atomic mass is 16.5. The zero-order valence-corrected chi connectivity index (χ0v) is 21.9. The lowest BCUT2D eigenvalue weighted by Crippen LogP contribution is -2.60. The predicted octanol–water partition coefficient (Wildman–Crippen LogP) is 4.83. The lowest BCUT2D eigenvalue weighted by molar-refractivity contribution is -0.194. The Morgan fingerprint density at radius 2 is 1.97 bits per heavy atom. The van der Waals surface area contributed by atoms with Crippen molar-refractivity contribution in [1.29, 1.82) is 0 Å². The fourth-order valence-electron chi connectivity index (χ4n) is 9.72. The summed E-state index contributed by atoms with van der Waals surface area (Å²) in [6.07, 6.45) is 14.1. The van der Waals surface area contributed by atoms with Gasteiger partial charge in [-0.25, -0.2) is 0 Å². The van der Waals surface area contributed by atoms with Crippen molar-refractivity contribution < 1.29 is 14.9 Å². The van der Waals surface area contributed by atoms with Gasteiger partial charge in [0, 0.05) is 30.3 Å². The van der Waals surface area contributed by atoms with Gasteiger partial charge in [0.2, 0.25) is 0 Å². The first-order valence-corrected chi connectivity index (χ1v) is 13.9. The summed E-state index contributed by atoms with van der Waals surface area (Å²) in [5, 5.41) is 28.1.